The SMILES string of the molecule is Cc1ccc(C)c(N2CCN(C(=O)Nc3ccc(Cl)cc3)CC2)c1. The van der Waals surface area contributed by atoms with Crippen molar-refractivity contribution >= 4 is 29.0 Å². The van der Waals surface area contributed by atoms with Crippen LogP contribution >= 0.6 is 11.6 Å². The number of carbonyl (C=O) groups is 1. The molecule has 0 aromatic heterocycles. The van der Waals surface area contributed by atoms with Crippen molar-refractivity contribution in [1.82, 2.24) is 4.90 Å². The van der Waals surface area contributed by atoms with Crippen LogP contribution in [0.2, 0.25) is 5.02 Å². The van der Waals surface area contributed by atoms with Gasteiger partial charge in [-0.3, -0.25) is 0 Å². The summed E-state index contributed by atoms with van der Waals surface area (Å²) in [4.78, 5) is 16.6. The molecule has 0 spiro atoms. The zero-order valence-corrected chi connectivity index (χ0v) is 14.8. The topological polar surface area (TPSA) is 35.6 Å². The highest BCUT2D eigenvalue weighted by Gasteiger charge is 2.22. The van der Waals surface area contributed by atoms with Gasteiger partial charge in [0, 0.05) is 42.6 Å². The van der Waals surface area contributed by atoms with Crippen molar-refractivity contribution in [2.75, 3.05) is 36.4 Å². The molecule has 0 radical (unpaired) electrons. The largest absolute Gasteiger partial charge is 0.368 e. The van der Waals surface area contributed by atoms with Crippen molar-refractivity contribution in [3.05, 3.63) is 58.6 Å². The maximum absolute atomic E-state index is 12.4. The van der Waals surface area contributed by atoms with Crippen molar-refractivity contribution in [1.29, 1.82) is 0 Å². The number of benzene rings is 2. The van der Waals surface area contributed by atoms with E-state index in [4.69, 9.17) is 11.6 Å². The Morgan fingerprint density at radius 3 is 2.33 bits per heavy atom. The molecule has 0 unspecified atom stereocenters. The third-order valence-electron chi connectivity index (χ3n) is 4.37. The first-order chi connectivity index (χ1) is 11.5. The van der Waals surface area contributed by atoms with Gasteiger partial charge in [0.15, 0.2) is 0 Å². The van der Waals surface area contributed by atoms with Gasteiger partial charge >= 0.3 is 6.03 Å². The van der Waals surface area contributed by atoms with Crippen molar-refractivity contribution in [3.63, 3.8) is 0 Å². The van der Waals surface area contributed by atoms with Gasteiger partial charge in [-0.1, -0.05) is 23.7 Å². The van der Waals surface area contributed by atoms with E-state index in [-0.39, 0.29) is 6.03 Å². The molecule has 5 heteroatoms. The number of nitrogens with one attached hydrogen (secondary N) is 1. The second-order valence-electron chi connectivity index (χ2n) is 6.20. The number of hydrogen-bond donors (Lipinski definition) is 1. The first-order valence-electron chi connectivity index (χ1n) is 8.16. The Kier molecular flexibility index (Phi) is 4.95. The van der Waals surface area contributed by atoms with Crippen LogP contribution in [0.5, 0.6) is 0 Å². The van der Waals surface area contributed by atoms with E-state index < -0.39 is 0 Å². The van der Waals surface area contributed by atoms with Crippen LogP contribution < -0.4 is 10.2 Å². The zero-order valence-electron chi connectivity index (χ0n) is 14.1. The fourth-order valence-electron chi connectivity index (χ4n) is 2.95. The van der Waals surface area contributed by atoms with E-state index >= 15 is 0 Å². The van der Waals surface area contributed by atoms with Crippen LogP contribution in [0, 0.1) is 13.8 Å². The van der Waals surface area contributed by atoms with Crippen LogP contribution in [0.1, 0.15) is 11.1 Å². The van der Waals surface area contributed by atoms with Crippen LogP contribution in [0.3, 0.4) is 0 Å². The van der Waals surface area contributed by atoms with Crippen LogP contribution in [0.4, 0.5) is 16.2 Å². The number of amides is 2. The van der Waals surface area contributed by atoms with Gasteiger partial charge in [-0.15, -0.1) is 0 Å². The van der Waals surface area contributed by atoms with Crippen molar-refractivity contribution in [3.8, 4) is 0 Å². The average molecular weight is 344 g/mol. The van der Waals surface area contributed by atoms with Crippen LogP contribution in [-0.2, 0) is 0 Å². The number of hydrogen-bond acceptors (Lipinski definition) is 2. The highest BCUT2D eigenvalue weighted by atomic mass is 35.5. The number of nitrogens with zero attached hydrogens (tertiary/aromatic N) is 2. The first kappa shape index (κ1) is 16.7. The summed E-state index contributed by atoms with van der Waals surface area (Å²) < 4.78 is 0. The summed E-state index contributed by atoms with van der Waals surface area (Å²) in [7, 11) is 0. The Balaban J connectivity index is 1.59. The van der Waals surface area contributed by atoms with E-state index in [1.807, 2.05) is 17.0 Å². The molecule has 2 aromatic carbocycles. The number of halogens is 1. The highest BCUT2D eigenvalue weighted by Crippen LogP contribution is 2.23. The highest BCUT2D eigenvalue weighted by molar-refractivity contribution is 6.30. The monoisotopic (exact) mass is 343 g/mol. The molecule has 126 valence electrons. The number of anilines is 2. The lowest BCUT2D eigenvalue weighted by molar-refractivity contribution is 0.208. The van der Waals surface area contributed by atoms with Gasteiger partial charge in [0.25, 0.3) is 0 Å². The summed E-state index contributed by atoms with van der Waals surface area (Å²) in [5, 5.41) is 3.59. The van der Waals surface area contributed by atoms with Gasteiger partial charge < -0.3 is 15.1 Å². The molecule has 1 fully saturated rings. The predicted octanol–water partition coefficient (Wildman–Crippen LogP) is 4.31. The molecule has 1 aliphatic rings. The Bertz CT molecular complexity index is 722. The summed E-state index contributed by atoms with van der Waals surface area (Å²) in [5.41, 5.74) is 4.58. The Labute approximate surface area is 148 Å². The van der Waals surface area contributed by atoms with Crippen LogP contribution in [-0.4, -0.2) is 37.1 Å². The molecule has 2 aromatic rings. The summed E-state index contributed by atoms with van der Waals surface area (Å²) >= 11 is 5.87. The second-order valence-corrected chi connectivity index (χ2v) is 6.64. The summed E-state index contributed by atoms with van der Waals surface area (Å²) in [5.74, 6) is 0. The summed E-state index contributed by atoms with van der Waals surface area (Å²) in [6, 6.07) is 13.6. The van der Waals surface area contributed by atoms with Gasteiger partial charge in [-0.2, -0.15) is 0 Å². The predicted molar refractivity (Wildman–Crippen MR) is 100 cm³/mol. The van der Waals surface area contributed by atoms with Gasteiger partial charge in [-0.05, 0) is 55.3 Å². The number of rotatable bonds is 2. The molecular formula is C19H22ClN3O. The third-order valence-corrected chi connectivity index (χ3v) is 4.62. The smallest absolute Gasteiger partial charge is 0.321 e. The van der Waals surface area contributed by atoms with E-state index in [0.29, 0.717) is 18.1 Å². The Morgan fingerprint density at radius 1 is 1.00 bits per heavy atom. The molecule has 0 bridgehead atoms. The molecule has 1 heterocycles. The summed E-state index contributed by atoms with van der Waals surface area (Å²) in [6.07, 6.45) is 0. The van der Waals surface area contributed by atoms with Crippen LogP contribution in [0.25, 0.3) is 0 Å². The third kappa shape index (κ3) is 3.82. The maximum atomic E-state index is 12.4. The van der Waals surface area contributed by atoms with E-state index in [1.54, 1.807) is 12.1 Å². The molecule has 0 atom stereocenters. The molecule has 24 heavy (non-hydrogen) atoms. The van der Waals surface area contributed by atoms with E-state index in [9.17, 15) is 4.79 Å². The number of carbonyl (C=O) groups excluding carboxylic acids is 1. The number of urea groups is 1. The number of piperazine rings is 1. The van der Waals surface area contributed by atoms with E-state index in [0.717, 1.165) is 18.8 Å². The minimum atomic E-state index is -0.0575. The fraction of sp³-hybridized carbons (Fsp3) is 0.316. The van der Waals surface area contributed by atoms with E-state index in [1.165, 1.54) is 16.8 Å². The van der Waals surface area contributed by atoms with Gasteiger partial charge in [-0.25, -0.2) is 4.79 Å². The average Bonchev–Trinajstić information content (AvgIpc) is 2.59. The lowest BCUT2D eigenvalue weighted by Crippen LogP contribution is -2.50. The molecule has 1 saturated heterocycles. The molecule has 1 aliphatic heterocycles. The minimum Gasteiger partial charge on any atom is -0.368 e. The molecule has 4 nitrogen and oxygen atoms in total. The fourth-order valence-corrected chi connectivity index (χ4v) is 3.07. The van der Waals surface area contributed by atoms with Crippen LogP contribution in [0.15, 0.2) is 42.5 Å². The molecule has 0 aliphatic carbocycles. The van der Waals surface area contributed by atoms with Gasteiger partial charge in [0.05, 0.1) is 0 Å². The molecule has 3 rings (SSSR count). The first-order valence-corrected chi connectivity index (χ1v) is 8.54. The van der Waals surface area contributed by atoms with Crippen molar-refractivity contribution < 1.29 is 4.79 Å². The molecule has 1 N–H and O–H groups in total. The lowest BCUT2D eigenvalue weighted by atomic mass is 10.1. The zero-order chi connectivity index (χ0) is 17.1. The van der Waals surface area contributed by atoms with Gasteiger partial charge in [0.1, 0.15) is 0 Å². The van der Waals surface area contributed by atoms with Crippen molar-refractivity contribution in [2.24, 2.45) is 0 Å². The number of aryl methyl sites for hydroxylation is 2. The molecular weight excluding hydrogens is 322 g/mol. The molecule has 0 saturated carbocycles. The normalized spacial score (nSPS) is 14.6. The second kappa shape index (κ2) is 7.14. The maximum Gasteiger partial charge on any atom is 0.321 e. The Hall–Kier alpha value is -2.20. The lowest BCUT2D eigenvalue weighted by Gasteiger charge is -2.36. The Morgan fingerprint density at radius 2 is 1.67 bits per heavy atom. The van der Waals surface area contributed by atoms with Gasteiger partial charge in [0.2, 0.25) is 0 Å². The quantitative estimate of drug-likeness (QED) is 0.881. The van der Waals surface area contributed by atoms with E-state index in [2.05, 4.69) is 42.3 Å². The standard InChI is InChI=1S/C19H22ClN3O/c1-14-3-4-15(2)18(13-14)22-9-11-23(12-10-22)19(24)21-17-7-5-16(20)6-8-17/h3-8,13H,9-12H2,1-2H3,(H,21,24). The van der Waals surface area contributed by atoms with Crippen molar-refractivity contribution in [2.45, 2.75) is 13.8 Å². The minimum absolute atomic E-state index is 0.0575. The molecule has 2 amide bonds. The summed E-state index contributed by atoms with van der Waals surface area (Å²) in [6.45, 7) is 7.36.